The van der Waals surface area contributed by atoms with E-state index in [0.717, 1.165) is 27.5 Å². The van der Waals surface area contributed by atoms with E-state index in [2.05, 4.69) is 34.8 Å². The third-order valence-electron chi connectivity index (χ3n) is 7.51. The molecule has 4 rings (SSSR count). The molecule has 2 aliphatic heterocycles. The lowest BCUT2D eigenvalue weighted by Gasteiger charge is -2.42. The molecule has 3 unspecified atom stereocenters. The number of phenols is 1. The van der Waals surface area contributed by atoms with Gasteiger partial charge in [-0.2, -0.15) is 0 Å². The molecule has 2 aromatic carbocycles. The summed E-state index contributed by atoms with van der Waals surface area (Å²) in [5.41, 5.74) is 2.51. The Balaban J connectivity index is 1.73. The van der Waals surface area contributed by atoms with Gasteiger partial charge in [-0.15, -0.1) is 0 Å². The van der Waals surface area contributed by atoms with Crippen molar-refractivity contribution in [2.45, 2.75) is 72.0 Å². The topological polar surface area (TPSA) is 133 Å². The Morgan fingerprint density at radius 3 is 2.60 bits per heavy atom. The molecular formula is C30H37IN2O9. The average molecular weight is 697 g/mol. The number of piperazine rings is 1. The highest BCUT2D eigenvalue weighted by molar-refractivity contribution is 14.1. The summed E-state index contributed by atoms with van der Waals surface area (Å²) in [7, 11) is 1.59. The minimum Gasteiger partial charge on any atom is -0.508 e. The maximum atomic E-state index is 14.2. The molecule has 0 radical (unpaired) electrons. The number of aromatic hydroxyl groups is 1. The molecular weight excluding hydrogens is 659 g/mol. The molecule has 0 aromatic heterocycles. The second kappa shape index (κ2) is 13.3. The molecule has 0 bridgehead atoms. The normalized spacial score (nSPS) is 18.5. The zero-order chi connectivity index (χ0) is 30.7. The standard InChI is InChI=1S/C30H37IN2O9/c1-7-8-9-39-28-24(31)19(10-15(2)25(28)38-6)11-21-30(37)33(17(4)29(36)32-21)22(13-40-18(5)34)20-12-23(35)16(3)26-27(20)42-14-41-26/h10,12,17,21-22,35H,7-9,11,13-14H2,1-6H3,(H,32,36). The first kappa shape index (κ1) is 31.5. The maximum absolute atomic E-state index is 14.2. The van der Waals surface area contributed by atoms with Crippen molar-refractivity contribution < 1.29 is 43.2 Å². The Bertz CT molecular complexity index is 1380. The number of methoxy groups -OCH3 is 1. The fraction of sp³-hybridized carbons (Fsp3) is 0.500. The van der Waals surface area contributed by atoms with Gasteiger partial charge in [-0.3, -0.25) is 14.4 Å². The van der Waals surface area contributed by atoms with Crippen LogP contribution in [0.25, 0.3) is 0 Å². The lowest BCUT2D eigenvalue weighted by Crippen LogP contribution is -2.64. The molecule has 3 atom stereocenters. The second-order valence-electron chi connectivity index (χ2n) is 10.4. The number of amides is 2. The van der Waals surface area contributed by atoms with Gasteiger partial charge >= 0.3 is 5.97 Å². The van der Waals surface area contributed by atoms with E-state index in [0.29, 0.717) is 40.7 Å². The number of unbranched alkanes of at least 4 members (excludes halogenated alkanes) is 1. The van der Waals surface area contributed by atoms with Crippen LogP contribution in [0.3, 0.4) is 0 Å². The summed E-state index contributed by atoms with van der Waals surface area (Å²) in [6, 6.07) is 0.648. The summed E-state index contributed by atoms with van der Waals surface area (Å²) in [5, 5.41) is 13.5. The van der Waals surface area contributed by atoms with Gasteiger partial charge in [-0.25, -0.2) is 0 Å². The van der Waals surface area contributed by atoms with E-state index in [-0.39, 0.29) is 37.4 Å². The van der Waals surface area contributed by atoms with Crippen molar-refractivity contribution in [3.05, 3.63) is 38.0 Å². The summed E-state index contributed by atoms with van der Waals surface area (Å²) in [4.78, 5) is 40.8. The molecule has 2 N–H and O–H groups in total. The molecule has 1 fully saturated rings. The minimum absolute atomic E-state index is 0.0703. The first-order chi connectivity index (χ1) is 20.0. The molecule has 1 saturated heterocycles. The van der Waals surface area contributed by atoms with Crippen molar-refractivity contribution in [3.8, 4) is 28.7 Å². The number of carbonyl (C=O) groups excluding carboxylic acids is 3. The molecule has 2 aliphatic rings. The predicted molar refractivity (Wildman–Crippen MR) is 161 cm³/mol. The van der Waals surface area contributed by atoms with Gasteiger partial charge in [0, 0.05) is 24.5 Å². The van der Waals surface area contributed by atoms with Crippen LogP contribution in [0.4, 0.5) is 0 Å². The number of benzene rings is 2. The average Bonchev–Trinajstić information content (AvgIpc) is 3.44. The first-order valence-electron chi connectivity index (χ1n) is 13.9. The van der Waals surface area contributed by atoms with Crippen LogP contribution in [0, 0.1) is 17.4 Å². The number of hydrogen-bond donors (Lipinski definition) is 2. The number of halogens is 1. The van der Waals surface area contributed by atoms with Crippen molar-refractivity contribution in [1.82, 2.24) is 10.2 Å². The van der Waals surface area contributed by atoms with Crippen LogP contribution in [0.1, 0.15) is 61.9 Å². The molecule has 0 spiro atoms. The van der Waals surface area contributed by atoms with Crippen LogP contribution in [-0.2, 0) is 25.5 Å². The van der Waals surface area contributed by atoms with Gasteiger partial charge in [0.15, 0.2) is 23.0 Å². The summed E-state index contributed by atoms with van der Waals surface area (Å²) in [6.07, 6.45) is 2.04. The van der Waals surface area contributed by atoms with Gasteiger partial charge in [0.2, 0.25) is 18.6 Å². The van der Waals surface area contributed by atoms with Crippen molar-refractivity contribution in [2.24, 2.45) is 0 Å². The number of aryl methyl sites for hydroxylation is 1. The monoisotopic (exact) mass is 696 g/mol. The number of nitrogens with one attached hydrogen (secondary N) is 1. The van der Waals surface area contributed by atoms with Crippen LogP contribution in [0.5, 0.6) is 28.7 Å². The molecule has 42 heavy (non-hydrogen) atoms. The van der Waals surface area contributed by atoms with Crippen molar-refractivity contribution >= 4 is 40.4 Å². The Kier molecular flexibility index (Phi) is 9.95. The van der Waals surface area contributed by atoms with Crippen LogP contribution in [0.15, 0.2) is 12.1 Å². The zero-order valence-corrected chi connectivity index (χ0v) is 26.8. The SMILES string of the molecule is CCCCOc1c(I)c(CC2NC(=O)C(C)N(C(COC(C)=O)c3cc(O)c(C)c4c3OCO4)C2=O)cc(C)c1OC. The number of hydrogen-bond acceptors (Lipinski definition) is 9. The highest BCUT2D eigenvalue weighted by atomic mass is 127. The molecule has 2 amide bonds. The fourth-order valence-electron chi connectivity index (χ4n) is 5.27. The molecule has 11 nitrogen and oxygen atoms in total. The van der Waals surface area contributed by atoms with Gasteiger partial charge in [0.05, 0.1) is 23.3 Å². The number of rotatable bonds is 11. The highest BCUT2D eigenvalue weighted by Gasteiger charge is 2.44. The van der Waals surface area contributed by atoms with E-state index in [1.54, 1.807) is 21.0 Å². The first-order valence-corrected chi connectivity index (χ1v) is 14.9. The largest absolute Gasteiger partial charge is 0.508 e. The van der Waals surface area contributed by atoms with Crippen LogP contribution in [0.2, 0.25) is 0 Å². The number of esters is 1. The summed E-state index contributed by atoms with van der Waals surface area (Å²) >= 11 is 2.19. The summed E-state index contributed by atoms with van der Waals surface area (Å²) in [5.74, 6) is 0.555. The third kappa shape index (κ3) is 6.18. The quantitative estimate of drug-likeness (QED) is 0.203. The minimum atomic E-state index is -0.934. The summed E-state index contributed by atoms with van der Waals surface area (Å²) < 4.78 is 29.2. The molecule has 2 heterocycles. The van der Waals surface area contributed by atoms with Gasteiger partial charge in [0.25, 0.3) is 0 Å². The fourth-order valence-corrected chi connectivity index (χ4v) is 6.05. The number of phenolic OH excluding ortho intramolecular Hbond substituents is 1. The van der Waals surface area contributed by atoms with Crippen LogP contribution in [-0.4, -0.2) is 67.0 Å². The molecule has 0 saturated carbocycles. The zero-order valence-electron chi connectivity index (χ0n) is 24.7. The number of ether oxygens (including phenoxy) is 5. The van der Waals surface area contributed by atoms with E-state index >= 15 is 0 Å². The lowest BCUT2D eigenvalue weighted by molar-refractivity contribution is -0.156. The number of carbonyl (C=O) groups is 3. The molecule has 228 valence electrons. The van der Waals surface area contributed by atoms with E-state index in [1.807, 2.05) is 13.0 Å². The van der Waals surface area contributed by atoms with Gasteiger partial charge in [0.1, 0.15) is 24.4 Å². The van der Waals surface area contributed by atoms with Gasteiger partial charge in [-0.05, 0) is 67.0 Å². The molecule has 12 heteroatoms. The lowest BCUT2D eigenvalue weighted by atomic mass is 9.94. The van der Waals surface area contributed by atoms with Gasteiger partial charge in [-0.1, -0.05) is 19.4 Å². The van der Waals surface area contributed by atoms with Crippen LogP contribution >= 0.6 is 22.6 Å². The van der Waals surface area contributed by atoms with Crippen molar-refractivity contribution in [2.75, 3.05) is 27.1 Å². The number of fused-ring (bicyclic) bond motifs is 1. The Hall–Kier alpha value is -3.42. The smallest absolute Gasteiger partial charge is 0.302 e. The van der Waals surface area contributed by atoms with Crippen molar-refractivity contribution in [3.63, 3.8) is 0 Å². The predicted octanol–water partition coefficient (Wildman–Crippen LogP) is 4.09. The van der Waals surface area contributed by atoms with Crippen molar-refractivity contribution in [1.29, 1.82) is 0 Å². The highest BCUT2D eigenvalue weighted by Crippen LogP contribution is 2.47. The van der Waals surface area contributed by atoms with E-state index in [4.69, 9.17) is 23.7 Å². The number of nitrogens with zero attached hydrogens (tertiary/aromatic N) is 1. The van der Waals surface area contributed by atoms with E-state index in [9.17, 15) is 19.5 Å². The molecule has 2 aromatic rings. The Morgan fingerprint density at radius 2 is 1.93 bits per heavy atom. The maximum Gasteiger partial charge on any atom is 0.302 e. The Morgan fingerprint density at radius 1 is 1.21 bits per heavy atom. The van der Waals surface area contributed by atoms with Crippen LogP contribution < -0.4 is 24.3 Å². The van der Waals surface area contributed by atoms with E-state index in [1.165, 1.54) is 17.9 Å². The summed E-state index contributed by atoms with van der Waals surface area (Å²) in [6.45, 7) is 8.74. The van der Waals surface area contributed by atoms with Gasteiger partial charge < -0.3 is 39.0 Å². The molecule has 0 aliphatic carbocycles. The Labute approximate surface area is 258 Å². The second-order valence-corrected chi connectivity index (χ2v) is 11.5. The third-order valence-corrected chi connectivity index (χ3v) is 8.69. The van der Waals surface area contributed by atoms with E-state index < -0.39 is 24.1 Å².